The van der Waals surface area contributed by atoms with Crippen molar-refractivity contribution in [2.45, 2.75) is 31.7 Å². The van der Waals surface area contributed by atoms with Crippen LogP contribution < -0.4 is 0 Å². The Kier molecular flexibility index (Phi) is 3.97. The zero-order valence-corrected chi connectivity index (χ0v) is 15.4. The Balaban J connectivity index is 1.47. The van der Waals surface area contributed by atoms with Crippen LogP contribution in [0.4, 0.5) is 4.39 Å². The van der Waals surface area contributed by atoms with Crippen LogP contribution in [0.5, 0.6) is 0 Å². The van der Waals surface area contributed by atoms with Crippen LogP contribution in [0, 0.1) is 5.95 Å². The fourth-order valence-corrected chi connectivity index (χ4v) is 4.23. The summed E-state index contributed by atoms with van der Waals surface area (Å²) >= 11 is 5.98. The van der Waals surface area contributed by atoms with Crippen molar-refractivity contribution in [1.82, 2.24) is 19.4 Å². The molecule has 1 unspecified atom stereocenters. The molecule has 27 heavy (non-hydrogen) atoms. The van der Waals surface area contributed by atoms with Crippen molar-refractivity contribution in [3.05, 3.63) is 88.2 Å². The molecule has 0 bridgehead atoms. The Morgan fingerprint density at radius 2 is 2.00 bits per heavy atom. The van der Waals surface area contributed by atoms with Crippen molar-refractivity contribution in [3.63, 3.8) is 0 Å². The molecule has 3 aromatic heterocycles. The van der Waals surface area contributed by atoms with Crippen LogP contribution in [0.25, 0.3) is 5.52 Å². The summed E-state index contributed by atoms with van der Waals surface area (Å²) in [6, 6.07) is 15.3. The van der Waals surface area contributed by atoms with Gasteiger partial charge in [-0.3, -0.25) is 4.40 Å². The molecule has 1 aliphatic carbocycles. The molecule has 0 amide bonds. The summed E-state index contributed by atoms with van der Waals surface area (Å²) in [7, 11) is 0. The van der Waals surface area contributed by atoms with Gasteiger partial charge in [-0.1, -0.05) is 35.0 Å². The molecule has 0 radical (unpaired) electrons. The summed E-state index contributed by atoms with van der Waals surface area (Å²) in [6.45, 7) is 0. The number of hydrogen-bond donors (Lipinski definition) is 0. The molecule has 1 aromatic carbocycles. The van der Waals surface area contributed by atoms with Crippen LogP contribution in [-0.2, 0) is 19.3 Å². The molecule has 0 saturated carbocycles. The summed E-state index contributed by atoms with van der Waals surface area (Å²) in [6.07, 6.45) is 5.21. The van der Waals surface area contributed by atoms with Gasteiger partial charge in [-0.05, 0) is 54.3 Å². The van der Waals surface area contributed by atoms with Crippen molar-refractivity contribution in [1.29, 1.82) is 0 Å². The topological polar surface area (TPSA) is 35.1 Å². The van der Waals surface area contributed by atoms with Crippen LogP contribution in [0.15, 0.2) is 54.7 Å². The summed E-state index contributed by atoms with van der Waals surface area (Å²) in [5, 5.41) is 9.22. The normalized spacial score (nSPS) is 16.6. The Bertz CT molecular complexity index is 1110. The van der Waals surface area contributed by atoms with Crippen LogP contribution in [0.2, 0.25) is 5.02 Å². The molecule has 3 heterocycles. The minimum atomic E-state index is -0.214. The zero-order chi connectivity index (χ0) is 18.4. The molecule has 5 rings (SSSR count). The van der Waals surface area contributed by atoms with Crippen molar-refractivity contribution >= 4 is 17.1 Å². The van der Waals surface area contributed by atoms with Crippen LogP contribution >= 0.6 is 11.6 Å². The Hall–Kier alpha value is -2.66. The lowest BCUT2D eigenvalue weighted by molar-refractivity contribution is 0.379. The van der Waals surface area contributed by atoms with Crippen molar-refractivity contribution in [2.75, 3.05) is 0 Å². The number of halogens is 2. The van der Waals surface area contributed by atoms with E-state index in [4.69, 9.17) is 11.6 Å². The fraction of sp³-hybridized carbons (Fsp3) is 0.238. The number of aryl methyl sites for hydroxylation is 1. The van der Waals surface area contributed by atoms with Gasteiger partial charge in [-0.2, -0.15) is 4.39 Å². The van der Waals surface area contributed by atoms with Gasteiger partial charge >= 0.3 is 0 Å². The average Bonchev–Trinajstić information content (AvgIpc) is 3.28. The van der Waals surface area contributed by atoms with Crippen molar-refractivity contribution < 1.29 is 4.39 Å². The molecule has 136 valence electrons. The van der Waals surface area contributed by atoms with E-state index in [1.165, 1.54) is 17.2 Å². The minimum Gasteiger partial charge on any atom is -0.290 e. The summed E-state index contributed by atoms with van der Waals surface area (Å²) in [4.78, 5) is 0. The molecule has 0 N–H and O–H groups in total. The zero-order valence-electron chi connectivity index (χ0n) is 14.6. The molecule has 0 saturated heterocycles. The van der Waals surface area contributed by atoms with Gasteiger partial charge in [-0.15, -0.1) is 5.10 Å². The number of aromatic nitrogens is 4. The van der Waals surface area contributed by atoms with Gasteiger partial charge in [0, 0.05) is 29.1 Å². The van der Waals surface area contributed by atoms with Gasteiger partial charge in [0.1, 0.15) is 0 Å². The van der Waals surface area contributed by atoms with Crippen molar-refractivity contribution in [3.8, 4) is 0 Å². The summed E-state index contributed by atoms with van der Waals surface area (Å²) in [5.74, 6) is -0.214. The molecule has 1 atom stereocenters. The highest BCUT2D eigenvalue weighted by Crippen LogP contribution is 2.32. The maximum Gasteiger partial charge on any atom is 0.198 e. The van der Waals surface area contributed by atoms with Crippen LogP contribution in [0.3, 0.4) is 0 Å². The predicted molar refractivity (Wildman–Crippen MR) is 103 cm³/mol. The van der Waals surface area contributed by atoms with Gasteiger partial charge in [0.15, 0.2) is 5.95 Å². The maximum atomic E-state index is 14.4. The van der Waals surface area contributed by atoms with E-state index in [1.54, 1.807) is 10.5 Å². The van der Waals surface area contributed by atoms with Gasteiger partial charge in [0.05, 0.1) is 17.9 Å². The summed E-state index contributed by atoms with van der Waals surface area (Å²) < 4.78 is 18.1. The molecular formula is C21H18ClFN4. The molecule has 4 nitrogen and oxygen atoms in total. The highest BCUT2D eigenvalue weighted by molar-refractivity contribution is 6.30. The fourth-order valence-electron chi connectivity index (χ4n) is 4.11. The quantitative estimate of drug-likeness (QED) is 0.485. The molecule has 6 heteroatoms. The van der Waals surface area contributed by atoms with Gasteiger partial charge in [0.25, 0.3) is 0 Å². The molecule has 0 fully saturated rings. The predicted octanol–water partition coefficient (Wildman–Crippen LogP) is 4.64. The van der Waals surface area contributed by atoms with Gasteiger partial charge in [0.2, 0.25) is 0 Å². The maximum absolute atomic E-state index is 14.4. The largest absolute Gasteiger partial charge is 0.290 e. The summed E-state index contributed by atoms with van der Waals surface area (Å²) in [5.41, 5.74) is 5.43. The second-order valence-electron chi connectivity index (χ2n) is 7.09. The Labute approximate surface area is 161 Å². The number of nitrogens with zero attached hydrogens (tertiary/aromatic N) is 4. The lowest BCUT2D eigenvalue weighted by Gasteiger charge is -2.24. The Morgan fingerprint density at radius 1 is 1.15 bits per heavy atom. The molecule has 1 aliphatic rings. The molecule has 4 aromatic rings. The third kappa shape index (κ3) is 2.92. The number of rotatable bonds is 3. The van der Waals surface area contributed by atoms with Crippen LogP contribution in [0.1, 0.15) is 35.0 Å². The van der Waals surface area contributed by atoms with Gasteiger partial charge in [-0.25, -0.2) is 4.68 Å². The first-order valence-electron chi connectivity index (χ1n) is 9.10. The second-order valence-corrected chi connectivity index (χ2v) is 7.53. The molecule has 0 spiro atoms. The minimum absolute atomic E-state index is 0.181. The Morgan fingerprint density at radius 3 is 2.85 bits per heavy atom. The van der Waals surface area contributed by atoms with E-state index in [-0.39, 0.29) is 12.0 Å². The molecule has 0 aliphatic heterocycles. The highest BCUT2D eigenvalue weighted by Gasteiger charge is 2.26. The van der Waals surface area contributed by atoms with E-state index in [1.807, 2.05) is 41.2 Å². The highest BCUT2D eigenvalue weighted by atomic mass is 35.5. The first-order chi connectivity index (χ1) is 13.2. The van der Waals surface area contributed by atoms with E-state index in [0.717, 1.165) is 47.6 Å². The smallest absolute Gasteiger partial charge is 0.198 e. The number of fused-ring (bicyclic) bond motifs is 3. The van der Waals surface area contributed by atoms with Gasteiger partial charge < -0.3 is 0 Å². The average molecular weight is 381 g/mol. The van der Waals surface area contributed by atoms with Crippen molar-refractivity contribution in [2.24, 2.45) is 0 Å². The first kappa shape index (κ1) is 16.5. The number of hydrogen-bond acceptors (Lipinski definition) is 2. The van der Waals surface area contributed by atoms with E-state index in [9.17, 15) is 4.39 Å². The third-order valence-electron chi connectivity index (χ3n) is 5.40. The third-order valence-corrected chi connectivity index (χ3v) is 5.66. The number of pyridine rings is 1. The standard InChI is InChI=1S/C21H18ClFN4/c22-16-7-4-14(5-8-16)10-19-13-24-25-27(19)18-9-6-15-11-17-2-1-3-21(23)26(17)20(15)12-18/h1-5,7-8,11,13,18H,6,9-10,12H2. The SMILES string of the molecule is Fc1cccc2cc3c(n12)CC(n1nncc1Cc1ccc(Cl)cc1)CC3. The molecular weight excluding hydrogens is 363 g/mol. The monoisotopic (exact) mass is 380 g/mol. The van der Waals surface area contributed by atoms with E-state index >= 15 is 0 Å². The van der Waals surface area contributed by atoms with Crippen LogP contribution in [-0.4, -0.2) is 19.4 Å². The van der Waals surface area contributed by atoms with E-state index in [2.05, 4.69) is 16.4 Å². The lowest BCUT2D eigenvalue weighted by atomic mass is 9.93. The van der Waals surface area contributed by atoms with E-state index < -0.39 is 0 Å². The number of benzene rings is 1. The first-order valence-corrected chi connectivity index (χ1v) is 9.48. The second kappa shape index (κ2) is 6.50. The van der Waals surface area contributed by atoms with E-state index in [0.29, 0.717) is 0 Å². The lowest BCUT2D eigenvalue weighted by Crippen LogP contribution is -2.22.